The summed E-state index contributed by atoms with van der Waals surface area (Å²) in [5.41, 5.74) is 0.455. The van der Waals surface area contributed by atoms with Crippen molar-refractivity contribution < 1.29 is 16.8 Å². The largest absolute Gasteiger partial charge is 0.368 e. The lowest BCUT2D eigenvalue weighted by Gasteiger charge is -2.36. The number of sulfonamides is 1. The smallest absolute Gasteiger partial charge is 0.244 e. The van der Waals surface area contributed by atoms with E-state index in [0.29, 0.717) is 23.1 Å². The molecule has 4 rings (SSSR count). The topological polar surface area (TPSA) is 104 Å². The maximum Gasteiger partial charge on any atom is 0.244 e. The van der Waals surface area contributed by atoms with Crippen molar-refractivity contribution in [2.75, 3.05) is 11.9 Å². The number of hydrogen-bond acceptors (Lipinski definition) is 6. The summed E-state index contributed by atoms with van der Waals surface area (Å²) in [7, 11) is -7.48. The Morgan fingerprint density at radius 2 is 1.71 bits per heavy atom. The molecule has 2 atom stereocenters. The highest BCUT2D eigenvalue weighted by molar-refractivity contribution is 9.10. The third-order valence-electron chi connectivity index (χ3n) is 5.98. The molecule has 2 aliphatic heterocycles. The van der Waals surface area contributed by atoms with Crippen molar-refractivity contribution in [2.45, 2.75) is 72.7 Å². The molecule has 0 bridgehead atoms. The standard InChI is InChI=1S/C18H26BrN3O4S2/c19-13-10-14-16(11-15(13)27(23,24)17-8-4-5-9-20-17)28(25,26)22-18(21-14)12-6-2-1-3-7-12/h10-12,17-18,20-22H,1-9H2. The first-order valence-electron chi connectivity index (χ1n) is 9.89. The molecule has 0 spiro atoms. The molecule has 1 saturated heterocycles. The monoisotopic (exact) mass is 491 g/mol. The Hall–Kier alpha value is -0.680. The molecule has 7 nitrogen and oxygen atoms in total. The van der Waals surface area contributed by atoms with E-state index in [-0.39, 0.29) is 21.9 Å². The first-order valence-corrected chi connectivity index (χ1v) is 13.7. The number of nitrogens with one attached hydrogen (secondary N) is 3. The van der Waals surface area contributed by atoms with Crippen LogP contribution in [0, 0.1) is 5.92 Å². The zero-order chi connectivity index (χ0) is 19.9. The molecule has 1 aromatic carbocycles. The van der Waals surface area contributed by atoms with E-state index < -0.39 is 25.2 Å². The number of fused-ring (bicyclic) bond motifs is 1. The number of benzene rings is 1. The van der Waals surface area contributed by atoms with Crippen molar-refractivity contribution in [1.82, 2.24) is 10.0 Å². The number of hydrogen-bond donors (Lipinski definition) is 3. The number of sulfone groups is 1. The second-order valence-electron chi connectivity index (χ2n) is 7.90. The van der Waals surface area contributed by atoms with E-state index in [1.165, 1.54) is 12.5 Å². The zero-order valence-corrected chi connectivity index (χ0v) is 18.8. The first kappa shape index (κ1) is 20.6. The Morgan fingerprint density at radius 3 is 2.39 bits per heavy atom. The van der Waals surface area contributed by atoms with E-state index >= 15 is 0 Å². The van der Waals surface area contributed by atoms with Gasteiger partial charge in [-0.3, -0.25) is 0 Å². The summed E-state index contributed by atoms with van der Waals surface area (Å²) in [6, 6.07) is 2.89. The summed E-state index contributed by atoms with van der Waals surface area (Å²) >= 11 is 3.37. The van der Waals surface area contributed by atoms with Crippen LogP contribution in [0.5, 0.6) is 0 Å². The van der Waals surface area contributed by atoms with E-state index in [4.69, 9.17) is 0 Å². The Bertz CT molecular complexity index is 953. The van der Waals surface area contributed by atoms with Crippen molar-refractivity contribution in [2.24, 2.45) is 5.92 Å². The van der Waals surface area contributed by atoms with E-state index in [9.17, 15) is 16.8 Å². The van der Waals surface area contributed by atoms with Crippen LogP contribution in [-0.4, -0.2) is 34.9 Å². The molecule has 1 aromatic rings. The van der Waals surface area contributed by atoms with Gasteiger partial charge in [-0.2, -0.15) is 4.72 Å². The van der Waals surface area contributed by atoms with Gasteiger partial charge in [-0.05, 0) is 72.6 Å². The molecule has 156 valence electrons. The van der Waals surface area contributed by atoms with Crippen LogP contribution < -0.4 is 15.4 Å². The Labute approximate surface area is 175 Å². The molecule has 2 fully saturated rings. The van der Waals surface area contributed by atoms with Gasteiger partial charge in [-0.15, -0.1) is 0 Å². The second kappa shape index (κ2) is 7.86. The Morgan fingerprint density at radius 1 is 1.00 bits per heavy atom. The van der Waals surface area contributed by atoms with Gasteiger partial charge >= 0.3 is 0 Å². The fraction of sp³-hybridized carbons (Fsp3) is 0.667. The number of anilines is 1. The van der Waals surface area contributed by atoms with Gasteiger partial charge in [0.05, 0.1) is 16.7 Å². The first-order chi connectivity index (χ1) is 13.3. The summed E-state index contributed by atoms with van der Waals surface area (Å²) < 4.78 is 55.1. The molecule has 0 amide bonds. The molecule has 0 radical (unpaired) electrons. The molecule has 3 N–H and O–H groups in total. The average molecular weight is 492 g/mol. The van der Waals surface area contributed by atoms with Gasteiger partial charge < -0.3 is 10.6 Å². The summed E-state index contributed by atoms with van der Waals surface area (Å²) in [6.45, 7) is 0.650. The maximum atomic E-state index is 13.1. The van der Waals surface area contributed by atoms with Gasteiger partial charge in [-0.25, -0.2) is 16.8 Å². The molecule has 10 heteroatoms. The minimum Gasteiger partial charge on any atom is -0.368 e. The number of piperidine rings is 1. The van der Waals surface area contributed by atoms with Gasteiger partial charge in [0.2, 0.25) is 10.0 Å². The minimum atomic E-state index is -3.79. The van der Waals surface area contributed by atoms with Crippen LogP contribution in [0.15, 0.2) is 26.4 Å². The molecular weight excluding hydrogens is 466 g/mol. The van der Waals surface area contributed by atoms with Crippen LogP contribution in [-0.2, 0) is 19.9 Å². The Kier molecular flexibility index (Phi) is 5.78. The molecular formula is C18H26BrN3O4S2. The highest BCUT2D eigenvalue weighted by atomic mass is 79.9. The van der Waals surface area contributed by atoms with Crippen LogP contribution in [0.25, 0.3) is 0 Å². The van der Waals surface area contributed by atoms with Crippen LogP contribution in [0.3, 0.4) is 0 Å². The lowest BCUT2D eigenvalue weighted by atomic mass is 9.87. The zero-order valence-electron chi connectivity index (χ0n) is 15.6. The average Bonchev–Trinajstić information content (AvgIpc) is 2.68. The van der Waals surface area contributed by atoms with E-state index in [0.717, 1.165) is 38.5 Å². The highest BCUT2D eigenvalue weighted by Gasteiger charge is 2.37. The molecule has 1 saturated carbocycles. The van der Waals surface area contributed by atoms with Gasteiger partial charge in [0.15, 0.2) is 9.84 Å². The normalized spacial score (nSPS) is 28.3. The van der Waals surface area contributed by atoms with Crippen molar-refractivity contribution in [3.8, 4) is 0 Å². The lowest BCUT2D eigenvalue weighted by molar-refractivity contribution is 0.306. The fourth-order valence-electron chi connectivity index (χ4n) is 4.44. The minimum absolute atomic E-state index is 0.00264. The molecule has 3 aliphatic rings. The quantitative estimate of drug-likeness (QED) is 0.600. The highest BCUT2D eigenvalue weighted by Crippen LogP contribution is 2.38. The summed E-state index contributed by atoms with van der Waals surface area (Å²) in [5.74, 6) is 0.241. The third-order valence-corrected chi connectivity index (χ3v) is 10.5. The van der Waals surface area contributed by atoms with Crippen molar-refractivity contribution in [3.63, 3.8) is 0 Å². The van der Waals surface area contributed by atoms with E-state index in [1.54, 1.807) is 6.07 Å². The molecule has 2 unspecified atom stereocenters. The summed E-state index contributed by atoms with van der Waals surface area (Å²) in [4.78, 5) is 0.0195. The molecule has 2 heterocycles. The molecule has 28 heavy (non-hydrogen) atoms. The fourth-order valence-corrected chi connectivity index (χ4v) is 8.66. The van der Waals surface area contributed by atoms with E-state index in [1.807, 2.05) is 0 Å². The summed E-state index contributed by atoms with van der Waals surface area (Å²) in [5, 5.41) is 5.65. The van der Waals surface area contributed by atoms with Crippen LogP contribution in [0.4, 0.5) is 5.69 Å². The van der Waals surface area contributed by atoms with Crippen molar-refractivity contribution in [3.05, 3.63) is 16.6 Å². The van der Waals surface area contributed by atoms with Gasteiger partial charge in [0.1, 0.15) is 10.3 Å². The predicted molar refractivity (Wildman–Crippen MR) is 111 cm³/mol. The molecule has 0 aromatic heterocycles. The predicted octanol–water partition coefficient (Wildman–Crippen LogP) is 2.93. The third kappa shape index (κ3) is 3.86. The lowest BCUT2D eigenvalue weighted by Crippen LogP contribution is -2.49. The summed E-state index contributed by atoms with van der Waals surface area (Å²) in [6.07, 6.45) is 7.32. The number of halogens is 1. The van der Waals surface area contributed by atoms with E-state index in [2.05, 4.69) is 31.3 Å². The SMILES string of the molecule is O=S1(=O)NC(C2CCCCC2)Nc2cc(Br)c(S(=O)(=O)C3CCCCN3)cc21. The number of rotatable bonds is 3. The molecule has 1 aliphatic carbocycles. The van der Waals surface area contributed by atoms with Crippen LogP contribution in [0.2, 0.25) is 0 Å². The van der Waals surface area contributed by atoms with Crippen LogP contribution >= 0.6 is 15.9 Å². The van der Waals surface area contributed by atoms with Crippen molar-refractivity contribution in [1.29, 1.82) is 0 Å². The van der Waals surface area contributed by atoms with Gasteiger partial charge in [0.25, 0.3) is 0 Å². The van der Waals surface area contributed by atoms with Gasteiger partial charge in [-0.1, -0.05) is 19.3 Å². The van der Waals surface area contributed by atoms with Crippen LogP contribution in [0.1, 0.15) is 51.4 Å². The Balaban J connectivity index is 1.70. The van der Waals surface area contributed by atoms with Gasteiger partial charge in [0, 0.05) is 4.47 Å². The maximum absolute atomic E-state index is 13.1. The second-order valence-corrected chi connectivity index (χ2v) is 12.5. The van der Waals surface area contributed by atoms with Crippen molar-refractivity contribution >= 4 is 41.5 Å².